The summed E-state index contributed by atoms with van der Waals surface area (Å²) in [7, 11) is 1.60. The van der Waals surface area contributed by atoms with Crippen LogP contribution in [0.3, 0.4) is 0 Å². The van der Waals surface area contributed by atoms with Gasteiger partial charge in [-0.25, -0.2) is 0 Å². The molecule has 5 heteroatoms. The lowest BCUT2D eigenvalue weighted by Gasteiger charge is -2.11. The van der Waals surface area contributed by atoms with E-state index in [1.54, 1.807) is 7.11 Å². The highest BCUT2D eigenvalue weighted by Gasteiger charge is 2.15. The van der Waals surface area contributed by atoms with Gasteiger partial charge in [-0.3, -0.25) is 0 Å². The Morgan fingerprint density at radius 2 is 2.37 bits per heavy atom. The topological polar surface area (TPSA) is 53.7 Å². The summed E-state index contributed by atoms with van der Waals surface area (Å²) in [4.78, 5) is 0.336. The molecule has 0 radical (unpaired) electrons. The minimum Gasteiger partial charge on any atom is -0.496 e. The van der Waals surface area contributed by atoms with Crippen LogP contribution in [0.15, 0.2) is 18.2 Å². The third kappa shape index (κ3) is 3.89. The van der Waals surface area contributed by atoms with Crippen LogP contribution in [0.2, 0.25) is 0 Å². The molecule has 1 aliphatic heterocycles. The molecule has 1 heterocycles. The van der Waals surface area contributed by atoms with Crippen LogP contribution < -0.4 is 10.5 Å². The molecule has 0 spiro atoms. The van der Waals surface area contributed by atoms with Crippen LogP contribution in [-0.4, -0.2) is 31.9 Å². The highest BCUT2D eigenvalue weighted by molar-refractivity contribution is 7.80. The second kappa shape index (κ2) is 6.84. The number of hydrogen-bond donors (Lipinski definition) is 1. The van der Waals surface area contributed by atoms with Gasteiger partial charge in [-0.2, -0.15) is 0 Å². The molecule has 0 amide bonds. The second-order valence-corrected chi connectivity index (χ2v) is 5.08. The largest absolute Gasteiger partial charge is 0.496 e. The first-order valence-electron chi connectivity index (χ1n) is 6.33. The number of benzene rings is 1. The van der Waals surface area contributed by atoms with Gasteiger partial charge in [0.15, 0.2) is 0 Å². The maximum Gasteiger partial charge on any atom is 0.129 e. The number of ether oxygens (including phenoxy) is 3. The quantitative estimate of drug-likeness (QED) is 0.807. The highest BCUT2D eigenvalue weighted by Crippen LogP contribution is 2.21. The van der Waals surface area contributed by atoms with Gasteiger partial charge in [0.1, 0.15) is 10.7 Å². The van der Waals surface area contributed by atoms with E-state index in [1.807, 2.05) is 18.2 Å². The fraction of sp³-hybridized carbons (Fsp3) is 0.500. The van der Waals surface area contributed by atoms with E-state index >= 15 is 0 Å². The van der Waals surface area contributed by atoms with Crippen LogP contribution in [-0.2, 0) is 16.1 Å². The van der Waals surface area contributed by atoms with Gasteiger partial charge >= 0.3 is 0 Å². The van der Waals surface area contributed by atoms with Gasteiger partial charge in [0, 0.05) is 12.5 Å². The Labute approximate surface area is 118 Å². The number of thiocarbonyl (C=S) groups is 1. The lowest BCUT2D eigenvalue weighted by Crippen LogP contribution is -2.12. The van der Waals surface area contributed by atoms with Gasteiger partial charge in [-0.05, 0) is 24.1 Å². The average molecular weight is 281 g/mol. The number of rotatable bonds is 6. The third-order valence-corrected chi connectivity index (χ3v) is 3.40. The summed E-state index contributed by atoms with van der Waals surface area (Å²) >= 11 is 5.02. The van der Waals surface area contributed by atoms with E-state index in [4.69, 9.17) is 32.2 Å². The second-order valence-electron chi connectivity index (χ2n) is 4.64. The molecule has 0 aliphatic carbocycles. The van der Waals surface area contributed by atoms with Crippen LogP contribution in [0.4, 0.5) is 0 Å². The fourth-order valence-electron chi connectivity index (χ4n) is 2.10. The van der Waals surface area contributed by atoms with Crippen LogP contribution in [0.1, 0.15) is 17.5 Å². The van der Waals surface area contributed by atoms with Gasteiger partial charge in [0.2, 0.25) is 0 Å². The predicted octanol–water partition coefficient (Wildman–Crippen LogP) is 1.88. The Bertz CT molecular complexity index is 444. The van der Waals surface area contributed by atoms with E-state index in [1.165, 1.54) is 0 Å². The van der Waals surface area contributed by atoms with Gasteiger partial charge < -0.3 is 19.9 Å². The summed E-state index contributed by atoms with van der Waals surface area (Å²) in [5, 5.41) is 0. The molecule has 1 saturated heterocycles. The van der Waals surface area contributed by atoms with Gasteiger partial charge in [-0.15, -0.1) is 0 Å². The van der Waals surface area contributed by atoms with Crippen molar-refractivity contribution < 1.29 is 14.2 Å². The van der Waals surface area contributed by atoms with E-state index in [-0.39, 0.29) is 0 Å². The normalized spacial score (nSPS) is 18.5. The summed E-state index contributed by atoms with van der Waals surface area (Å²) < 4.78 is 16.2. The number of hydrogen-bond acceptors (Lipinski definition) is 4. The minimum atomic E-state index is 0.336. The molecule has 2 rings (SSSR count). The molecule has 1 fully saturated rings. The van der Waals surface area contributed by atoms with Gasteiger partial charge in [0.05, 0.1) is 32.5 Å². The van der Waals surface area contributed by atoms with Crippen molar-refractivity contribution in [3.63, 3.8) is 0 Å². The number of nitrogens with two attached hydrogens (primary N) is 1. The van der Waals surface area contributed by atoms with Crippen LogP contribution in [0, 0.1) is 5.92 Å². The lowest BCUT2D eigenvalue weighted by molar-refractivity contribution is 0.0791. The molecule has 1 aromatic carbocycles. The number of methoxy groups -OCH3 is 1. The van der Waals surface area contributed by atoms with E-state index in [0.29, 0.717) is 23.3 Å². The summed E-state index contributed by atoms with van der Waals surface area (Å²) in [6.07, 6.45) is 1.08. The van der Waals surface area contributed by atoms with Crippen molar-refractivity contribution >= 4 is 17.2 Å². The molecule has 0 saturated carbocycles. The zero-order valence-corrected chi connectivity index (χ0v) is 11.9. The Balaban J connectivity index is 1.92. The van der Waals surface area contributed by atoms with Crippen molar-refractivity contribution in [3.8, 4) is 5.75 Å². The molecule has 104 valence electrons. The van der Waals surface area contributed by atoms with Crippen molar-refractivity contribution in [2.24, 2.45) is 11.7 Å². The summed E-state index contributed by atoms with van der Waals surface area (Å²) in [6, 6.07) is 5.75. The highest BCUT2D eigenvalue weighted by atomic mass is 32.1. The van der Waals surface area contributed by atoms with Crippen LogP contribution >= 0.6 is 12.2 Å². The Kier molecular flexibility index (Phi) is 5.13. The molecule has 0 aromatic heterocycles. The van der Waals surface area contributed by atoms with Crippen molar-refractivity contribution in [2.75, 3.05) is 26.9 Å². The van der Waals surface area contributed by atoms with E-state index in [0.717, 1.165) is 37.4 Å². The molecule has 1 aromatic rings. The molecule has 2 N–H and O–H groups in total. The third-order valence-electron chi connectivity index (χ3n) is 3.18. The smallest absolute Gasteiger partial charge is 0.129 e. The summed E-state index contributed by atoms with van der Waals surface area (Å²) in [5.41, 5.74) is 7.48. The maximum atomic E-state index is 5.71. The Morgan fingerprint density at radius 3 is 3.00 bits per heavy atom. The monoisotopic (exact) mass is 281 g/mol. The Morgan fingerprint density at radius 1 is 1.53 bits per heavy atom. The molecular formula is C14H19NO3S. The van der Waals surface area contributed by atoms with Crippen molar-refractivity contribution in [1.82, 2.24) is 0 Å². The average Bonchev–Trinajstić information content (AvgIpc) is 2.91. The lowest BCUT2D eigenvalue weighted by atomic mass is 10.1. The zero-order chi connectivity index (χ0) is 13.7. The van der Waals surface area contributed by atoms with Crippen molar-refractivity contribution in [1.29, 1.82) is 0 Å². The summed E-state index contributed by atoms with van der Waals surface area (Å²) in [5.74, 6) is 1.22. The fourth-order valence-corrected chi connectivity index (χ4v) is 2.26. The van der Waals surface area contributed by atoms with E-state index in [2.05, 4.69) is 0 Å². The Hall–Kier alpha value is -1.17. The van der Waals surface area contributed by atoms with E-state index < -0.39 is 0 Å². The molecular weight excluding hydrogens is 262 g/mol. The molecule has 1 atom stereocenters. The molecule has 4 nitrogen and oxygen atoms in total. The van der Waals surface area contributed by atoms with Crippen LogP contribution in [0.5, 0.6) is 5.75 Å². The first kappa shape index (κ1) is 14.2. The van der Waals surface area contributed by atoms with Gasteiger partial charge in [-0.1, -0.05) is 18.3 Å². The summed E-state index contributed by atoms with van der Waals surface area (Å²) in [6.45, 7) is 2.94. The predicted molar refractivity (Wildman–Crippen MR) is 77.5 cm³/mol. The molecule has 1 aliphatic rings. The SMILES string of the molecule is COc1ccc(COCC2CCOC2)cc1C(N)=S. The first-order valence-corrected chi connectivity index (χ1v) is 6.73. The first-order chi connectivity index (χ1) is 9.20. The van der Waals surface area contributed by atoms with Crippen molar-refractivity contribution in [3.05, 3.63) is 29.3 Å². The molecule has 1 unspecified atom stereocenters. The molecule has 19 heavy (non-hydrogen) atoms. The van der Waals surface area contributed by atoms with Crippen LogP contribution in [0.25, 0.3) is 0 Å². The zero-order valence-electron chi connectivity index (χ0n) is 11.1. The maximum absolute atomic E-state index is 5.71. The van der Waals surface area contributed by atoms with E-state index in [9.17, 15) is 0 Å². The standard InChI is InChI=1S/C14H19NO3S/c1-16-13-3-2-10(6-12(13)14(15)19)7-18-9-11-4-5-17-8-11/h2-3,6,11H,4-5,7-9H2,1H3,(H2,15,19). The molecule has 0 bridgehead atoms. The van der Waals surface area contributed by atoms with Gasteiger partial charge in [0.25, 0.3) is 0 Å². The van der Waals surface area contributed by atoms with Crippen molar-refractivity contribution in [2.45, 2.75) is 13.0 Å². The minimum absolute atomic E-state index is 0.336.